The minimum atomic E-state index is -4.88. The lowest BCUT2D eigenvalue weighted by Crippen LogP contribution is -2.49. The monoisotopic (exact) mass is 629 g/mol. The standard InChI is InChI=1S/C30H24F9N3O2/c1-17-24(26(43)44-2)25(20-11-5-8-14-23(20)30(37,38)39)41-27(40-15-18-9-3-6-12-21(18)28(31,32)33)42(17)16-19-10-4-7-13-22(19)29(34,35)36/h3-14,25H,15-16H2,1-2H3,(H,40,41). The predicted octanol–water partition coefficient (Wildman–Crippen LogP) is 7.89. The maximum atomic E-state index is 14.0. The Labute approximate surface area is 245 Å². The van der Waals surface area contributed by atoms with Crippen LogP contribution in [-0.4, -0.2) is 23.9 Å². The summed E-state index contributed by atoms with van der Waals surface area (Å²) in [5.74, 6) is -1.43. The fraction of sp³-hybridized carbons (Fsp3) is 0.267. The number of benzene rings is 3. The highest BCUT2D eigenvalue weighted by Crippen LogP contribution is 2.41. The largest absolute Gasteiger partial charge is 0.466 e. The molecule has 1 N–H and O–H groups in total. The third-order valence-corrected chi connectivity index (χ3v) is 6.97. The van der Waals surface area contributed by atoms with Crippen LogP contribution in [0.5, 0.6) is 0 Å². The molecule has 44 heavy (non-hydrogen) atoms. The van der Waals surface area contributed by atoms with Crippen molar-refractivity contribution in [2.24, 2.45) is 4.99 Å². The van der Waals surface area contributed by atoms with Crippen LogP contribution >= 0.6 is 0 Å². The highest BCUT2D eigenvalue weighted by atomic mass is 19.4. The predicted molar refractivity (Wildman–Crippen MR) is 142 cm³/mol. The van der Waals surface area contributed by atoms with Gasteiger partial charge < -0.3 is 15.0 Å². The number of esters is 1. The van der Waals surface area contributed by atoms with E-state index in [4.69, 9.17) is 4.74 Å². The molecule has 0 radical (unpaired) electrons. The van der Waals surface area contributed by atoms with Crippen LogP contribution in [0.1, 0.15) is 46.3 Å². The van der Waals surface area contributed by atoms with Crippen molar-refractivity contribution in [3.05, 3.63) is 117 Å². The third-order valence-electron chi connectivity index (χ3n) is 6.97. The topological polar surface area (TPSA) is 53.9 Å². The van der Waals surface area contributed by atoms with E-state index in [1.54, 1.807) is 0 Å². The Morgan fingerprint density at radius 1 is 0.773 bits per heavy atom. The number of hydrogen-bond acceptors (Lipinski definition) is 3. The summed E-state index contributed by atoms with van der Waals surface area (Å²) in [6.45, 7) is 0.0397. The second-order valence-electron chi connectivity index (χ2n) is 9.69. The molecule has 0 spiro atoms. The van der Waals surface area contributed by atoms with E-state index >= 15 is 0 Å². The molecule has 1 aliphatic rings. The number of nitrogens with zero attached hydrogens (tertiary/aromatic N) is 2. The maximum Gasteiger partial charge on any atom is 0.416 e. The Balaban J connectivity index is 1.94. The fourth-order valence-electron chi connectivity index (χ4n) is 4.93. The summed E-state index contributed by atoms with van der Waals surface area (Å²) in [6, 6.07) is 11.7. The molecule has 0 saturated heterocycles. The highest BCUT2D eigenvalue weighted by Gasteiger charge is 2.42. The van der Waals surface area contributed by atoms with Gasteiger partial charge in [0.25, 0.3) is 0 Å². The lowest BCUT2D eigenvalue weighted by molar-refractivity contribution is -0.140. The zero-order valence-corrected chi connectivity index (χ0v) is 23.0. The van der Waals surface area contributed by atoms with Crippen LogP contribution < -0.4 is 5.32 Å². The number of nitrogens with one attached hydrogen (secondary N) is 1. The van der Waals surface area contributed by atoms with Crippen molar-refractivity contribution in [2.45, 2.75) is 44.6 Å². The van der Waals surface area contributed by atoms with E-state index in [2.05, 4.69) is 10.3 Å². The Kier molecular flexibility index (Phi) is 9.03. The van der Waals surface area contributed by atoms with Gasteiger partial charge in [0.2, 0.25) is 0 Å². The molecular formula is C30H24F9N3O2. The molecule has 1 heterocycles. The number of methoxy groups -OCH3 is 1. The van der Waals surface area contributed by atoms with Crippen molar-refractivity contribution in [1.82, 2.24) is 10.2 Å². The SMILES string of the molecule is COC(=O)C1=C(C)N(Cc2ccccc2C(F)(F)F)C(=NCc2ccccc2C(F)(F)F)NC1c1ccccc1C(F)(F)F. The van der Waals surface area contributed by atoms with Crippen LogP contribution in [0.15, 0.2) is 89.1 Å². The molecule has 1 unspecified atom stereocenters. The zero-order valence-electron chi connectivity index (χ0n) is 23.0. The first-order valence-electron chi connectivity index (χ1n) is 12.9. The van der Waals surface area contributed by atoms with Crippen molar-refractivity contribution in [2.75, 3.05) is 7.11 Å². The molecule has 0 saturated carbocycles. The molecule has 0 amide bonds. The lowest BCUT2D eigenvalue weighted by Gasteiger charge is -2.39. The molecule has 3 aromatic carbocycles. The first kappa shape index (κ1) is 32.4. The number of ether oxygens (including phenoxy) is 1. The molecule has 1 atom stereocenters. The van der Waals surface area contributed by atoms with Gasteiger partial charge in [0, 0.05) is 5.70 Å². The maximum absolute atomic E-state index is 14.0. The smallest absolute Gasteiger partial charge is 0.416 e. The molecule has 0 aliphatic carbocycles. The van der Waals surface area contributed by atoms with Gasteiger partial charge in [0.05, 0.1) is 48.5 Å². The fourth-order valence-corrected chi connectivity index (χ4v) is 4.93. The second-order valence-corrected chi connectivity index (χ2v) is 9.69. The quantitative estimate of drug-likeness (QED) is 0.223. The van der Waals surface area contributed by atoms with Crippen molar-refractivity contribution < 1.29 is 49.0 Å². The van der Waals surface area contributed by atoms with E-state index < -0.39 is 65.9 Å². The first-order chi connectivity index (χ1) is 20.5. The van der Waals surface area contributed by atoms with Gasteiger partial charge in [0.1, 0.15) is 0 Å². The lowest BCUT2D eigenvalue weighted by atomic mass is 9.91. The first-order valence-corrected chi connectivity index (χ1v) is 12.9. The Morgan fingerprint density at radius 2 is 1.25 bits per heavy atom. The summed E-state index contributed by atoms with van der Waals surface area (Å²) in [7, 11) is 0.982. The number of alkyl halides is 9. The molecular weight excluding hydrogens is 605 g/mol. The van der Waals surface area contributed by atoms with E-state index in [1.807, 2.05) is 0 Å². The molecule has 0 bridgehead atoms. The summed E-state index contributed by atoms with van der Waals surface area (Å²) in [6.07, 6.45) is -14.4. The molecule has 234 valence electrons. The number of carbonyl (C=O) groups is 1. The summed E-state index contributed by atoms with van der Waals surface area (Å²) >= 11 is 0. The van der Waals surface area contributed by atoms with Crippen molar-refractivity contribution >= 4 is 11.9 Å². The minimum Gasteiger partial charge on any atom is -0.466 e. The van der Waals surface area contributed by atoms with Crippen LogP contribution in [0.25, 0.3) is 0 Å². The minimum absolute atomic E-state index is 0.114. The normalized spacial score (nSPS) is 17.1. The average Bonchev–Trinajstić information content (AvgIpc) is 2.96. The Bertz CT molecular complexity index is 1590. The molecule has 4 rings (SSSR count). The molecule has 3 aromatic rings. The second kappa shape index (κ2) is 12.2. The van der Waals surface area contributed by atoms with E-state index in [-0.39, 0.29) is 28.4 Å². The van der Waals surface area contributed by atoms with Gasteiger partial charge in [-0.3, -0.25) is 0 Å². The number of rotatable bonds is 6. The zero-order chi connectivity index (χ0) is 32.4. The number of allylic oxidation sites excluding steroid dienone is 1. The van der Waals surface area contributed by atoms with Crippen LogP contribution in [0.4, 0.5) is 39.5 Å². The molecule has 1 aliphatic heterocycles. The number of halogens is 9. The van der Waals surface area contributed by atoms with Gasteiger partial charge in [-0.05, 0) is 41.8 Å². The van der Waals surface area contributed by atoms with Gasteiger partial charge >= 0.3 is 24.5 Å². The molecule has 0 aromatic heterocycles. The third kappa shape index (κ3) is 6.84. The molecule has 0 fully saturated rings. The van der Waals surface area contributed by atoms with Crippen LogP contribution in [-0.2, 0) is 41.1 Å². The van der Waals surface area contributed by atoms with Crippen LogP contribution in [0.2, 0.25) is 0 Å². The average molecular weight is 630 g/mol. The number of carbonyl (C=O) groups excluding carboxylic acids is 1. The summed E-state index contributed by atoms with van der Waals surface area (Å²) < 4.78 is 130. The van der Waals surface area contributed by atoms with E-state index in [0.29, 0.717) is 0 Å². The Morgan fingerprint density at radius 3 is 1.80 bits per heavy atom. The number of guanidine groups is 1. The van der Waals surface area contributed by atoms with E-state index in [1.165, 1.54) is 31.2 Å². The van der Waals surface area contributed by atoms with Crippen molar-refractivity contribution in [3.8, 4) is 0 Å². The van der Waals surface area contributed by atoms with Gasteiger partial charge in [-0.15, -0.1) is 0 Å². The highest BCUT2D eigenvalue weighted by molar-refractivity contribution is 5.96. The van der Waals surface area contributed by atoms with E-state index in [0.717, 1.165) is 60.5 Å². The van der Waals surface area contributed by atoms with Gasteiger partial charge in [0.15, 0.2) is 5.96 Å². The Hall–Kier alpha value is -4.49. The van der Waals surface area contributed by atoms with Crippen LogP contribution in [0.3, 0.4) is 0 Å². The van der Waals surface area contributed by atoms with E-state index in [9.17, 15) is 44.3 Å². The summed E-state index contributed by atoms with van der Waals surface area (Å²) in [5.41, 5.74) is -4.65. The van der Waals surface area contributed by atoms with Crippen molar-refractivity contribution in [3.63, 3.8) is 0 Å². The van der Waals surface area contributed by atoms with Gasteiger partial charge in [-0.2, -0.15) is 39.5 Å². The number of aliphatic imine (C=N–C) groups is 1. The van der Waals surface area contributed by atoms with Gasteiger partial charge in [-0.1, -0.05) is 54.6 Å². The van der Waals surface area contributed by atoms with Gasteiger partial charge in [-0.25, -0.2) is 9.79 Å². The summed E-state index contributed by atoms with van der Waals surface area (Å²) in [4.78, 5) is 18.3. The van der Waals surface area contributed by atoms with Crippen molar-refractivity contribution in [1.29, 1.82) is 0 Å². The van der Waals surface area contributed by atoms with Crippen LogP contribution in [0, 0.1) is 0 Å². The molecule has 5 nitrogen and oxygen atoms in total. The number of hydrogen-bond donors (Lipinski definition) is 1. The summed E-state index contributed by atoms with van der Waals surface area (Å²) in [5, 5.41) is 2.69. The molecule has 14 heteroatoms.